The van der Waals surface area contributed by atoms with Crippen LogP contribution < -0.4 is 32.7 Å². The Labute approximate surface area is 328 Å². The number of fused-ring (bicyclic) bond motifs is 2. The zero-order valence-corrected chi connectivity index (χ0v) is 33.9. The van der Waals surface area contributed by atoms with Crippen LogP contribution >= 0.6 is 0 Å². The number of nitrogens with one attached hydrogen (secondary N) is 4. The molecule has 8 N–H and O–H groups in total. The van der Waals surface area contributed by atoms with E-state index in [0.29, 0.717) is 31.6 Å². The van der Waals surface area contributed by atoms with Crippen molar-refractivity contribution in [3.63, 3.8) is 0 Å². The van der Waals surface area contributed by atoms with E-state index in [0.717, 1.165) is 69.6 Å². The maximum atomic E-state index is 14.4. The topological polar surface area (TPSA) is 207 Å². The standard InChI is InChI=1S/C41H71N7O7/c1-5-10-34-39(51)47-36(29-11-8-6-7-9-12-29)40(52)45-32(21-42)37(49)46-33(23-54-31-19-30(43)20-31)38(50)44-24(2)22-55-35(25(3)41(53)48(34)4)18-28-16-26-13-14-27(15-26)17-28/h24-36H,5-23,42-43H2,1-4H3,(H,44,50)(H,45,52)(H,46,49)(H,47,51)/t24-,25-,26-,27+,28?,30-,31-,32+,33+,34+,35-,36+/m1/s1. The van der Waals surface area contributed by atoms with Crippen LogP contribution in [0.1, 0.15) is 124 Å². The highest BCUT2D eigenvalue weighted by molar-refractivity contribution is 5.96. The Morgan fingerprint density at radius 1 is 0.782 bits per heavy atom. The first-order valence-electron chi connectivity index (χ1n) is 21.5. The van der Waals surface area contributed by atoms with E-state index in [9.17, 15) is 24.0 Å². The summed E-state index contributed by atoms with van der Waals surface area (Å²) in [6.07, 6.45) is 14.1. The van der Waals surface area contributed by atoms with E-state index < -0.39 is 65.9 Å². The third-order valence-electron chi connectivity index (χ3n) is 13.2. The molecule has 55 heavy (non-hydrogen) atoms. The van der Waals surface area contributed by atoms with Crippen LogP contribution in [0.2, 0.25) is 0 Å². The summed E-state index contributed by atoms with van der Waals surface area (Å²) in [6.45, 7) is 5.54. The van der Waals surface area contributed by atoms with Gasteiger partial charge in [-0.2, -0.15) is 0 Å². The molecule has 2 bridgehead atoms. The van der Waals surface area contributed by atoms with Crippen molar-refractivity contribution in [1.29, 1.82) is 0 Å². The largest absolute Gasteiger partial charge is 0.375 e. The Kier molecular flexibility index (Phi) is 16.2. The van der Waals surface area contributed by atoms with Gasteiger partial charge in [0.1, 0.15) is 24.2 Å². The van der Waals surface area contributed by atoms with Crippen molar-refractivity contribution in [3.8, 4) is 0 Å². The van der Waals surface area contributed by atoms with Gasteiger partial charge in [0.15, 0.2) is 0 Å². The molecule has 14 heteroatoms. The highest BCUT2D eigenvalue weighted by Crippen LogP contribution is 2.46. The third-order valence-corrected chi connectivity index (χ3v) is 13.2. The van der Waals surface area contributed by atoms with E-state index in [1.54, 1.807) is 11.9 Å². The number of rotatable bonds is 9. The predicted molar refractivity (Wildman–Crippen MR) is 209 cm³/mol. The Morgan fingerprint density at radius 2 is 1.42 bits per heavy atom. The van der Waals surface area contributed by atoms with Crippen molar-refractivity contribution in [2.45, 2.75) is 172 Å². The zero-order valence-electron chi connectivity index (χ0n) is 33.9. The average molecular weight is 774 g/mol. The van der Waals surface area contributed by atoms with Gasteiger partial charge in [0, 0.05) is 25.7 Å². The molecule has 1 saturated heterocycles. The highest BCUT2D eigenvalue weighted by Gasteiger charge is 2.41. The van der Waals surface area contributed by atoms with Crippen LogP contribution in [0.15, 0.2) is 0 Å². The van der Waals surface area contributed by atoms with E-state index in [2.05, 4.69) is 21.3 Å². The summed E-state index contributed by atoms with van der Waals surface area (Å²) in [5, 5.41) is 11.6. The summed E-state index contributed by atoms with van der Waals surface area (Å²) in [7, 11) is 1.68. The molecule has 5 aliphatic rings. The van der Waals surface area contributed by atoms with Gasteiger partial charge >= 0.3 is 0 Å². The minimum absolute atomic E-state index is 0.0434. The molecule has 1 heterocycles. The van der Waals surface area contributed by atoms with Crippen molar-refractivity contribution in [2.24, 2.45) is 41.1 Å². The van der Waals surface area contributed by atoms with Gasteiger partial charge in [-0.15, -0.1) is 0 Å². The molecule has 0 spiro atoms. The molecule has 312 valence electrons. The summed E-state index contributed by atoms with van der Waals surface area (Å²) in [4.78, 5) is 72.0. The zero-order chi connectivity index (χ0) is 39.6. The van der Waals surface area contributed by atoms with Crippen molar-refractivity contribution in [1.82, 2.24) is 26.2 Å². The van der Waals surface area contributed by atoms with Crippen LogP contribution in [0.5, 0.6) is 0 Å². The number of nitrogens with zero attached hydrogens (tertiary/aromatic N) is 1. The lowest BCUT2D eigenvalue weighted by atomic mass is 9.77. The number of hydrogen-bond donors (Lipinski definition) is 6. The van der Waals surface area contributed by atoms with Crippen molar-refractivity contribution in [2.75, 3.05) is 26.8 Å². The summed E-state index contributed by atoms with van der Waals surface area (Å²) in [5.74, 6) is -0.998. The second-order valence-electron chi connectivity index (χ2n) is 17.7. The van der Waals surface area contributed by atoms with Gasteiger partial charge in [0.05, 0.1) is 31.3 Å². The quantitative estimate of drug-likeness (QED) is 0.190. The number of hydrogen-bond acceptors (Lipinski definition) is 9. The van der Waals surface area contributed by atoms with Crippen molar-refractivity contribution >= 4 is 29.5 Å². The van der Waals surface area contributed by atoms with Crippen LogP contribution in [0, 0.1) is 29.6 Å². The molecule has 1 aliphatic heterocycles. The number of amides is 5. The van der Waals surface area contributed by atoms with Crippen LogP contribution in [0.25, 0.3) is 0 Å². The summed E-state index contributed by atoms with van der Waals surface area (Å²) in [5.41, 5.74) is 12.0. The van der Waals surface area contributed by atoms with Crippen molar-refractivity contribution in [3.05, 3.63) is 0 Å². The van der Waals surface area contributed by atoms with E-state index in [4.69, 9.17) is 20.9 Å². The van der Waals surface area contributed by atoms with Gasteiger partial charge < -0.3 is 47.1 Å². The maximum absolute atomic E-state index is 14.4. The first kappa shape index (κ1) is 43.3. The second-order valence-corrected chi connectivity index (χ2v) is 17.7. The lowest BCUT2D eigenvalue weighted by Gasteiger charge is -2.36. The number of carbonyl (C=O) groups excluding carboxylic acids is 5. The molecule has 5 fully saturated rings. The molecule has 0 aromatic heterocycles. The number of carbonyl (C=O) groups is 5. The molecule has 1 unspecified atom stereocenters. The molecular weight excluding hydrogens is 702 g/mol. The van der Waals surface area contributed by atoms with E-state index in [1.165, 1.54) is 19.3 Å². The predicted octanol–water partition coefficient (Wildman–Crippen LogP) is 2.26. The molecule has 5 amide bonds. The molecule has 10 atom stereocenters. The monoisotopic (exact) mass is 774 g/mol. The second kappa shape index (κ2) is 20.6. The van der Waals surface area contributed by atoms with Crippen molar-refractivity contribution < 1.29 is 33.4 Å². The fourth-order valence-corrected chi connectivity index (χ4v) is 9.86. The molecule has 14 nitrogen and oxygen atoms in total. The third kappa shape index (κ3) is 11.9. The molecule has 4 aliphatic carbocycles. The maximum Gasteiger partial charge on any atom is 0.245 e. The lowest BCUT2D eigenvalue weighted by molar-refractivity contribution is -0.147. The van der Waals surface area contributed by atoms with Gasteiger partial charge in [0.25, 0.3) is 0 Å². The van der Waals surface area contributed by atoms with Crippen LogP contribution in [0.4, 0.5) is 0 Å². The first-order valence-corrected chi connectivity index (χ1v) is 21.5. The molecular formula is C41H71N7O7. The average Bonchev–Trinajstić information content (AvgIpc) is 3.30. The van der Waals surface area contributed by atoms with E-state index in [-0.39, 0.29) is 43.7 Å². The van der Waals surface area contributed by atoms with E-state index >= 15 is 0 Å². The van der Waals surface area contributed by atoms with Gasteiger partial charge in [0.2, 0.25) is 29.5 Å². The Bertz CT molecular complexity index is 1290. The molecule has 0 aromatic rings. The van der Waals surface area contributed by atoms with Gasteiger partial charge in [-0.25, -0.2) is 0 Å². The molecule has 0 aromatic carbocycles. The Morgan fingerprint density at radius 3 is 2.04 bits per heavy atom. The summed E-state index contributed by atoms with van der Waals surface area (Å²) < 4.78 is 12.6. The fourth-order valence-electron chi connectivity index (χ4n) is 9.86. The van der Waals surface area contributed by atoms with Crippen LogP contribution in [-0.4, -0.2) is 110 Å². The molecule has 5 rings (SSSR count). The van der Waals surface area contributed by atoms with Gasteiger partial charge in [-0.05, 0) is 88.4 Å². The van der Waals surface area contributed by atoms with Gasteiger partial charge in [-0.3, -0.25) is 24.0 Å². The number of likely N-dealkylation sites (N-methyl/N-ethyl adjacent to an activating group) is 1. The first-order chi connectivity index (χ1) is 26.4. The smallest absolute Gasteiger partial charge is 0.245 e. The minimum atomic E-state index is -1.17. The Balaban J connectivity index is 1.44. The molecule has 0 radical (unpaired) electrons. The number of nitrogens with two attached hydrogens (primary N) is 2. The fraction of sp³-hybridized carbons (Fsp3) is 0.878. The van der Waals surface area contributed by atoms with Crippen LogP contribution in [0.3, 0.4) is 0 Å². The summed E-state index contributed by atoms with van der Waals surface area (Å²) in [6, 6.07) is -4.39. The normalized spacial score (nSPS) is 38.0. The summed E-state index contributed by atoms with van der Waals surface area (Å²) >= 11 is 0. The minimum Gasteiger partial charge on any atom is -0.375 e. The molecule has 4 saturated carbocycles. The number of ether oxygens (including phenoxy) is 2. The highest BCUT2D eigenvalue weighted by atomic mass is 16.5. The SMILES string of the molecule is CCC[C@H]1C(=O)N[C@@H](C2CCCCCC2)C(=O)N[C@@H](CN)C(=O)N[C@@H](CO[C@H]2C[C@H](N)C2)C(=O)N[C@H](C)CO[C@H](CC2C[C@H]3CC[C@@H](C2)C3)[C@@H](C)C(=O)N1C. The van der Waals surface area contributed by atoms with Gasteiger partial charge in [-0.1, -0.05) is 58.8 Å². The Hall–Kier alpha value is -2.81. The van der Waals surface area contributed by atoms with E-state index in [1.807, 2.05) is 20.8 Å². The van der Waals surface area contributed by atoms with Crippen LogP contribution in [-0.2, 0) is 33.4 Å². The lowest BCUT2D eigenvalue weighted by Crippen LogP contribution is -2.62.